The van der Waals surface area contributed by atoms with Crippen LogP contribution in [0.3, 0.4) is 0 Å². The van der Waals surface area contributed by atoms with Crippen LogP contribution in [0.1, 0.15) is 141 Å². The summed E-state index contributed by atoms with van der Waals surface area (Å²) < 4.78 is 22.2. The van der Waals surface area contributed by atoms with Crippen LogP contribution in [0.2, 0.25) is 0 Å². The van der Waals surface area contributed by atoms with Crippen molar-refractivity contribution in [2.24, 2.45) is 50.2 Å². The van der Waals surface area contributed by atoms with Crippen LogP contribution >= 0.6 is 8.60 Å². The molecule has 6 aliphatic rings. The molecule has 6 bridgehead atoms. The van der Waals surface area contributed by atoms with Gasteiger partial charge in [0.2, 0.25) is 0 Å². The van der Waals surface area contributed by atoms with Gasteiger partial charge in [0.15, 0.2) is 0 Å². The molecule has 0 N–H and O–H groups in total. The minimum absolute atomic E-state index is 0.148. The Hall–Kier alpha value is 0.310. The molecule has 6 unspecified atom stereocenters. The zero-order valence-corrected chi connectivity index (χ0v) is 27.2. The first-order valence-electron chi connectivity index (χ1n) is 15.6. The molecular weight excluding hydrogens is 475 g/mol. The van der Waals surface area contributed by atoms with Crippen molar-refractivity contribution in [2.45, 2.75) is 158 Å². The maximum atomic E-state index is 7.39. The molecular formula is C33H57O3P. The number of hydrogen-bond acceptors (Lipinski definition) is 3. The third kappa shape index (κ3) is 2.95. The second kappa shape index (κ2) is 7.38. The van der Waals surface area contributed by atoms with E-state index in [1.54, 1.807) is 0 Å². The highest BCUT2D eigenvalue weighted by molar-refractivity contribution is 7.41. The van der Waals surface area contributed by atoms with E-state index in [0.29, 0.717) is 0 Å². The van der Waals surface area contributed by atoms with Crippen molar-refractivity contribution in [3.63, 3.8) is 0 Å². The van der Waals surface area contributed by atoms with E-state index >= 15 is 0 Å². The monoisotopic (exact) mass is 532 g/mol. The van der Waals surface area contributed by atoms with Gasteiger partial charge in [-0.05, 0) is 113 Å². The fourth-order valence-electron chi connectivity index (χ4n) is 11.7. The average Bonchev–Trinajstić information content (AvgIpc) is 3.36. The Morgan fingerprint density at radius 3 is 0.838 bits per heavy atom. The molecule has 9 atom stereocenters. The van der Waals surface area contributed by atoms with Gasteiger partial charge in [-0.1, -0.05) is 62.3 Å². The second-order valence-electron chi connectivity index (χ2n) is 17.7. The smallest absolute Gasteiger partial charge is 0.305 e. The highest BCUT2D eigenvalue weighted by Gasteiger charge is 2.73. The molecule has 37 heavy (non-hydrogen) atoms. The first kappa shape index (κ1) is 27.5. The fraction of sp³-hybridized carbons (Fsp3) is 1.00. The van der Waals surface area contributed by atoms with Crippen molar-refractivity contribution < 1.29 is 13.6 Å². The van der Waals surface area contributed by atoms with Gasteiger partial charge in [-0.2, -0.15) is 0 Å². The predicted molar refractivity (Wildman–Crippen MR) is 153 cm³/mol. The number of hydrogen-bond donors (Lipinski definition) is 0. The van der Waals surface area contributed by atoms with Gasteiger partial charge < -0.3 is 13.6 Å². The highest BCUT2D eigenvalue weighted by atomic mass is 31.2. The molecule has 0 heterocycles. The lowest BCUT2D eigenvalue weighted by Gasteiger charge is -2.52. The van der Waals surface area contributed by atoms with Gasteiger partial charge >= 0.3 is 8.60 Å². The van der Waals surface area contributed by atoms with Crippen LogP contribution in [0.4, 0.5) is 0 Å². The van der Waals surface area contributed by atoms with Crippen molar-refractivity contribution in [2.75, 3.05) is 0 Å². The van der Waals surface area contributed by atoms with Crippen LogP contribution in [-0.4, -0.2) is 16.8 Å². The maximum Gasteiger partial charge on any atom is 0.334 e. The number of rotatable bonds is 6. The molecule has 6 fully saturated rings. The SMILES string of the molecule is CC1(C)C2CCC1(C)[C@](C)(OP(O[C@]1(C)CC3CCC1(C)C3(C)C)O[C@]1(C)CC3CCC1(C)C3(C)C)C2. The van der Waals surface area contributed by atoms with E-state index in [1.807, 2.05) is 0 Å². The summed E-state index contributed by atoms with van der Waals surface area (Å²) in [4.78, 5) is 0. The van der Waals surface area contributed by atoms with Crippen LogP contribution in [-0.2, 0) is 13.6 Å². The number of fused-ring (bicyclic) bond motifs is 6. The van der Waals surface area contributed by atoms with E-state index in [2.05, 4.69) is 83.1 Å². The minimum Gasteiger partial charge on any atom is -0.305 e. The molecule has 6 rings (SSSR count). The lowest BCUT2D eigenvalue weighted by atomic mass is 9.65. The summed E-state index contributed by atoms with van der Waals surface area (Å²) in [5, 5.41) is 0. The first-order chi connectivity index (χ1) is 16.7. The molecule has 0 spiro atoms. The van der Waals surface area contributed by atoms with Crippen LogP contribution in [0.5, 0.6) is 0 Å². The van der Waals surface area contributed by atoms with Gasteiger partial charge in [0, 0.05) is 16.2 Å². The van der Waals surface area contributed by atoms with Crippen LogP contribution in [0, 0.1) is 50.2 Å². The summed E-state index contributed by atoms with van der Waals surface area (Å²) in [5.41, 5.74) is 0.687. The molecule has 212 valence electrons. The zero-order chi connectivity index (χ0) is 27.3. The zero-order valence-electron chi connectivity index (χ0n) is 26.3. The minimum atomic E-state index is -1.49. The summed E-state index contributed by atoms with van der Waals surface area (Å²) >= 11 is 0. The largest absolute Gasteiger partial charge is 0.334 e. The van der Waals surface area contributed by atoms with E-state index < -0.39 is 8.60 Å². The Labute approximate surface area is 229 Å². The van der Waals surface area contributed by atoms with Crippen molar-refractivity contribution in [1.82, 2.24) is 0 Å². The summed E-state index contributed by atoms with van der Waals surface area (Å²) in [6, 6.07) is 0. The fourth-order valence-corrected chi connectivity index (χ4v) is 13.7. The van der Waals surface area contributed by atoms with Crippen molar-refractivity contribution in [3.8, 4) is 0 Å². The molecule has 0 saturated heterocycles. The van der Waals surface area contributed by atoms with Gasteiger partial charge in [-0.3, -0.25) is 0 Å². The van der Waals surface area contributed by atoms with Gasteiger partial charge in [0.05, 0.1) is 16.8 Å². The standard InChI is InChI=1S/C33H57O3P/c1-25(2)22-13-16-28(25,7)31(10,19-22)34-37(35-32(11)20-23-14-17-29(32,8)26(23,3)4)36-33(12)21-24-15-18-30(33,9)27(24,5)6/h22-24H,13-21H2,1-12H3/t22?,23?,24?,28?,29?,30?,31-,32-,33-,37?/m1/s1. The summed E-state index contributed by atoms with van der Waals surface area (Å²) in [5.74, 6) is 2.18. The molecule has 4 heteroatoms. The van der Waals surface area contributed by atoms with E-state index in [-0.39, 0.29) is 49.3 Å². The van der Waals surface area contributed by atoms with Gasteiger partial charge in [0.1, 0.15) is 0 Å². The molecule has 6 saturated carbocycles. The molecule has 0 aliphatic heterocycles. The van der Waals surface area contributed by atoms with Gasteiger partial charge in [-0.25, -0.2) is 0 Å². The van der Waals surface area contributed by atoms with Crippen LogP contribution in [0.15, 0.2) is 0 Å². The van der Waals surface area contributed by atoms with Crippen molar-refractivity contribution >= 4 is 8.60 Å². The normalized spacial score (nSPS) is 56.9. The summed E-state index contributed by atoms with van der Waals surface area (Å²) in [7, 11) is -1.49. The third-order valence-electron chi connectivity index (χ3n) is 16.5. The topological polar surface area (TPSA) is 27.7 Å². The lowest BCUT2D eigenvalue weighted by molar-refractivity contribution is -0.131. The second-order valence-corrected chi connectivity index (χ2v) is 18.7. The molecule has 6 aliphatic carbocycles. The molecule has 0 aromatic rings. The Morgan fingerprint density at radius 2 is 0.676 bits per heavy atom. The predicted octanol–water partition coefficient (Wildman–Crippen LogP) is 10.1. The van der Waals surface area contributed by atoms with Crippen LogP contribution in [0.25, 0.3) is 0 Å². The average molecular weight is 533 g/mol. The van der Waals surface area contributed by atoms with Crippen LogP contribution < -0.4 is 0 Å². The van der Waals surface area contributed by atoms with Crippen molar-refractivity contribution in [1.29, 1.82) is 0 Å². The van der Waals surface area contributed by atoms with Crippen molar-refractivity contribution in [3.05, 3.63) is 0 Å². The quantitative estimate of drug-likeness (QED) is 0.319. The Kier molecular flexibility index (Phi) is 5.48. The Bertz CT molecular complexity index is 866. The van der Waals surface area contributed by atoms with E-state index in [9.17, 15) is 0 Å². The molecule has 0 aromatic carbocycles. The molecule has 3 nitrogen and oxygen atoms in total. The summed E-state index contributed by atoms with van der Waals surface area (Å²) in [6.07, 6.45) is 11.1. The van der Waals surface area contributed by atoms with Gasteiger partial charge in [0.25, 0.3) is 0 Å². The summed E-state index contributed by atoms with van der Waals surface area (Å²) in [6.45, 7) is 29.7. The van der Waals surface area contributed by atoms with E-state index in [4.69, 9.17) is 13.6 Å². The third-order valence-corrected chi connectivity index (χ3v) is 18.2. The highest BCUT2D eigenvalue weighted by Crippen LogP contribution is 2.78. The Balaban J connectivity index is 1.35. The molecule has 0 aromatic heterocycles. The van der Waals surface area contributed by atoms with Gasteiger partial charge in [-0.15, -0.1) is 0 Å². The van der Waals surface area contributed by atoms with E-state index in [1.165, 1.54) is 38.5 Å². The Morgan fingerprint density at radius 1 is 0.432 bits per heavy atom. The maximum absolute atomic E-state index is 7.39. The van der Waals surface area contributed by atoms with E-state index in [0.717, 1.165) is 37.0 Å². The molecule has 0 amide bonds. The lowest BCUT2D eigenvalue weighted by Crippen LogP contribution is -2.50. The first-order valence-corrected chi connectivity index (χ1v) is 16.7. The molecule has 0 radical (unpaired) electrons.